The molecule has 2 aromatic rings. The fourth-order valence-corrected chi connectivity index (χ4v) is 3.32. The second kappa shape index (κ2) is 7.17. The zero-order valence-electron chi connectivity index (χ0n) is 17.7. The summed E-state index contributed by atoms with van der Waals surface area (Å²) in [6.07, 6.45) is 0. The first-order valence-electron chi connectivity index (χ1n) is 9.15. The molecule has 0 unspecified atom stereocenters. The zero-order chi connectivity index (χ0) is 20.6. The lowest BCUT2D eigenvalue weighted by Gasteiger charge is -2.31. The summed E-state index contributed by atoms with van der Waals surface area (Å²) < 4.78 is 10.9. The SMILES string of the molecule is COc1ccc(C(C)(C)c2ccc(OC)c(C(C)(C)O)c2)cc1C(C)(C)O. The Morgan fingerprint density at radius 2 is 0.963 bits per heavy atom. The number of aliphatic hydroxyl groups is 2. The van der Waals surface area contributed by atoms with E-state index in [2.05, 4.69) is 13.8 Å². The molecule has 0 aromatic heterocycles. The van der Waals surface area contributed by atoms with Gasteiger partial charge in [-0.3, -0.25) is 0 Å². The normalized spacial score (nSPS) is 12.8. The van der Waals surface area contributed by atoms with Gasteiger partial charge in [0, 0.05) is 16.5 Å². The summed E-state index contributed by atoms with van der Waals surface area (Å²) in [5, 5.41) is 21.1. The molecule has 0 fully saturated rings. The molecule has 2 aromatic carbocycles. The van der Waals surface area contributed by atoms with Gasteiger partial charge in [0.15, 0.2) is 0 Å². The van der Waals surface area contributed by atoms with Crippen LogP contribution in [0.3, 0.4) is 0 Å². The molecular formula is C23H32O4. The van der Waals surface area contributed by atoms with Crippen LogP contribution in [0.1, 0.15) is 63.8 Å². The van der Waals surface area contributed by atoms with Gasteiger partial charge in [-0.15, -0.1) is 0 Å². The van der Waals surface area contributed by atoms with Gasteiger partial charge in [-0.1, -0.05) is 26.0 Å². The highest BCUT2D eigenvalue weighted by Gasteiger charge is 2.30. The Morgan fingerprint density at radius 1 is 0.630 bits per heavy atom. The minimum absolute atomic E-state index is 0.349. The van der Waals surface area contributed by atoms with E-state index in [4.69, 9.17) is 9.47 Å². The molecule has 0 aliphatic carbocycles. The summed E-state index contributed by atoms with van der Waals surface area (Å²) in [4.78, 5) is 0. The number of ether oxygens (including phenoxy) is 2. The third kappa shape index (κ3) is 4.28. The van der Waals surface area contributed by atoms with Gasteiger partial charge in [0.2, 0.25) is 0 Å². The van der Waals surface area contributed by atoms with Crippen LogP contribution < -0.4 is 9.47 Å². The molecule has 148 valence electrons. The van der Waals surface area contributed by atoms with Crippen molar-refractivity contribution in [3.05, 3.63) is 58.7 Å². The molecule has 0 heterocycles. The van der Waals surface area contributed by atoms with E-state index in [-0.39, 0.29) is 5.41 Å². The summed E-state index contributed by atoms with van der Waals surface area (Å²) in [5.74, 6) is 1.32. The lowest BCUT2D eigenvalue weighted by Crippen LogP contribution is -2.24. The van der Waals surface area contributed by atoms with Crippen LogP contribution in [-0.2, 0) is 16.6 Å². The average Bonchev–Trinajstić information content (AvgIpc) is 2.58. The Hall–Kier alpha value is -2.04. The summed E-state index contributed by atoms with van der Waals surface area (Å²) in [6.45, 7) is 11.3. The van der Waals surface area contributed by atoms with Gasteiger partial charge in [-0.2, -0.15) is 0 Å². The summed E-state index contributed by atoms with van der Waals surface area (Å²) in [5.41, 5.74) is 1.20. The number of hydrogen-bond donors (Lipinski definition) is 2. The van der Waals surface area contributed by atoms with Crippen LogP contribution in [0.15, 0.2) is 36.4 Å². The molecule has 2 N–H and O–H groups in total. The van der Waals surface area contributed by atoms with Crippen LogP contribution in [0.25, 0.3) is 0 Å². The molecule has 2 rings (SSSR count). The first-order valence-corrected chi connectivity index (χ1v) is 9.15. The fraction of sp³-hybridized carbons (Fsp3) is 0.478. The van der Waals surface area contributed by atoms with Crippen LogP contribution in [-0.4, -0.2) is 24.4 Å². The highest BCUT2D eigenvalue weighted by atomic mass is 16.5. The molecule has 0 aliphatic heterocycles. The molecule has 4 heteroatoms. The number of benzene rings is 2. The minimum Gasteiger partial charge on any atom is -0.496 e. The smallest absolute Gasteiger partial charge is 0.124 e. The van der Waals surface area contributed by atoms with Crippen molar-refractivity contribution < 1.29 is 19.7 Å². The second-order valence-electron chi connectivity index (χ2n) is 8.57. The van der Waals surface area contributed by atoms with Crippen molar-refractivity contribution in [1.82, 2.24) is 0 Å². The minimum atomic E-state index is -1.02. The lowest BCUT2D eigenvalue weighted by atomic mass is 9.75. The van der Waals surface area contributed by atoms with Crippen LogP contribution in [0.4, 0.5) is 0 Å². The van der Waals surface area contributed by atoms with E-state index in [0.29, 0.717) is 11.5 Å². The molecule has 0 atom stereocenters. The van der Waals surface area contributed by atoms with Crippen LogP contribution in [0.2, 0.25) is 0 Å². The van der Waals surface area contributed by atoms with Gasteiger partial charge in [-0.05, 0) is 63.1 Å². The van der Waals surface area contributed by atoms with Crippen LogP contribution in [0.5, 0.6) is 11.5 Å². The Morgan fingerprint density at radius 3 is 1.22 bits per heavy atom. The van der Waals surface area contributed by atoms with Gasteiger partial charge in [0.05, 0.1) is 25.4 Å². The molecule has 0 bridgehead atoms. The zero-order valence-corrected chi connectivity index (χ0v) is 17.7. The topological polar surface area (TPSA) is 58.9 Å². The predicted octanol–water partition coefficient (Wildman–Crippen LogP) is 4.48. The molecule has 0 radical (unpaired) electrons. The van der Waals surface area contributed by atoms with Gasteiger partial charge in [-0.25, -0.2) is 0 Å². The van der Waals surface area contributed by atoms with Gasteiger partial charge in [0.1, 0.15) is 11.5 Å². The van der Waals surface area contributed by atoms with E-state index in [1.54, 1.807) is 41.9 Å². The maximum absolute atomic E-state index is 10.6. The van der Waals surface area contributed by atoms with Crippen molar-refractivity contribution in [1.29, 1.82) is 0 Å². The highest BCUT2D eigenvalue weighted by molar-refractivity contribution is 5.49. The molecule has 27 heavy (non-hydrogen) atoms. The third-order valence-corrected chi connectivity index (χ3v) is 5.16. The van der Waals surface area contributed by atoms with E-state index >= 15 is 0 Å². The van der Waals surface area contributed by atoms with Crippen LogP contribution >= 0.6 is 0 Å². The molecule has 0 saturated heterocycles. The van der Waals surface area contributed by atoms with E-state index in [1.807, 2.05) is 36.4 Å². The van der Waals surface area contributed by atoms with Crippen molar-refractivity contribution in [2.24, 2.45) is 0 Å². The maximum Gasteiger partial charge on any atom is 0.124 e. The lowest BCUT2D eigenvalue weighted by molar-refractivity contribution is 0.0750. The van der Waals surface area contributed by atoms with Crippen molar-refractivity contribution in [3.63, 3.8) is 0 Å². The fourth-order valence-electron chi connectivity index (χ4n) is 3.32. The van der Waals surface area contributed by atoms with Gasteiger partial charge in [0.25, 0.3) is 0 Å². The van der Waals surface area contributed by atoms with Gasteiger partial charge < -0.3 is 19.7 Å². The Bertz CT molecular complexity index is 741. The van der Waals surface area contributed by atoms with Crippen molar-refractivity contribution in [3.8, 4) is 11.5 Å². The van der Waals surface area contributed by atoms with E-state index in [0.717, 1.165) is 22.3 Å². The largest absolute Gasteiger partial charge is 0.496 e. The molecule has 0 spiro atoms. The average molecular weight is 373 g/mol. The Kier molecular flexibility index (Phi) is 5.65. The number of methoxy groups -OCH3 is 2. The molecular weight excluding hydrogens is 340 g/mol. The monoisotopic (exact) mass is 372 g/mol. The van der Waals surface area contributed by atoms with E-state index in [1.165, 1.54) is 0 Å². The van der Waals surface area contributed by atoms with E-state index in [9.17, 15) is 10.2 Å². The number of rotatable bonds is 6. The molecule has 0 saturated carbocycles. The summed E-state index contributed by atoms with van der Waals surface area (Å²) in [7, 11) is 3.21. The molecule has 0 amide bonds. The summed E-state index contributed by atoms with van der Waals surface area (Å²) >= 11 is 0. The van der Waals surface area contributed by atoms with E-state index < -0.39 is 11.2 Å². The first kappa shape index (κ1) is 21.3. The van der Waals surface area contributed by atoms with Crippen molar-refractivity contribution >= 4 is 0 Å². The molecule has 0 aliphatic rings. The number of hydrogen-bond acceptors (Lipinski definition) is 4. The maximum atomic E-state index is 10.6. The Labute approximate surface area is 162 Å². The van der Waals surface area contributed by atoms with Gasteiger partial charge >= 0.3 is 0 Å². The Balaban J connectivity index is 2.63. The molecule has 4 nitrogen and oxygen atoms in total. The highest BCUT2D eigenvalue weighted by Crippen LogP contribution is 2.40. The quantitative estimate of drug-likeness (QED) is 0.785. The standard InChI is InChI=1S/C23H32O4/c1-21(2,15-9-11-19(26-7)17(13-15)22(3,4)24)16-10-12-20(27-8)18(14-16)23(5,6)25/h9-14,24-25H,1-8H3. The first-order chi connectivity index (χ1) is 12.3. The van der Waals surface area contributed by atoms with Crippen LogP contribution in [0, 0.1) is 0 Å². The van der Waals surface area contributed by atoms with Crippen molar-refractivity contribution in [2.45, 2.75) is 58.2 Å². The third-order valence-electron chi connectivity index (χ3n) is 5.16. The second-order valence-corrected chi connectivity index (χ2v) is 8.57. The predicted molar refractivity (Wildman–Crippen MR) is 109 cm³/mol. The summed E-state index contributed by atoms with van der Waals surface area (Å²) in [6, 6.07) is 11.8. The van der Waals surface area contributed by atoms with Crippen molar-refractivity contribution in [2.75, 3.05) is 14.2 Å².